The van der Waals surface area contributed by atoms with Gasteiger partial charge in [0.2, 0.25) is 5.91 Å². The Hall–Kier alpha value is -1.71. The molecule has 0 bridgehead atoms. The smallest absolute Gasteiger partial charge is 0.222 e. The lowest BCUT2D eigenvalue weighted by atomic mass is 9.96. The van der Waals surface area contributed by atoms with Gasteiger partial charge in [0.15, 0.2) is 0 Å². The first-order valence-corrected chi connectivity index (χ1v) is 9.39. The summed E-state index contributed by atoms with van der Waals surface area (Å²) in [6.45, 7) is 2.64. The molecule has 0 radical (unpaired) electrons. The number of aryl methyl sites for hydroxylation is 1. The van der Waals surface area contributed by atoms with Crippen LogP contribution in [0.15, 0.2) is 18.2 Å². The highest BCUT2D eigenvalue weighted by atomic mass is 16.5. The predicted molar refractivity (Wildman–Crippen MR) is 97.7 cm³/mol. The van der Waals surface area contributed by atoms with Gasteiger partial charge in [-0.3, -0.25) is 4.79 Å². The van der Waals surface area contributed by atoms with Gasteiger partial charge in [-0.05, 0) is 37.5 Å². The SMILES string of the molecule is Cc1ccc2c(c1)OCC(CC(=O)NC1CCCCCCC1)N2C. The van der Waals surface area contributed by atoms with Crippen molar-refractivity contribution in [3.8, 4) is 5.75 Å². The molecule has 1 atom stereocenters. The number of amides is 1. The van der Waals surface area contributed by atoms with Crippen molar-refractivity contribution in [3.63, 3.8) is 0 Å². The van der Waals surface area contributed by atoms with Gasteiger partial charge in [-0.15, -0.1) is 0 Å². The minimum absolute atomic E-state index is 0.105. The Bertz CT molecular complexity index is 565. The van der Waals surface area contributed by atoms with Crippen LogP contribution in [-0.2, 0) is 4.79 Å². The van der Waals surface area contributed by atoms with E-state index in [-0.39, 0.29) is 11.9 Å². The monoisotopic (exact) mass is 330 g/mol. The van der Waals surface area contributed by atoms with Gasteiger partial charge in [0.1, 0.15) is 12.4 Å². The lowest BCUT2D eigenvalue weighted by Crippen LogP contribution is -2.45. The quantitative estimate of drug-likeness (QED) is 0.916. The zero-order valence-electron chi connectivity index (χ0n) is 15.0. The van der Waals surface area contributed by atoms with Gasteiger partial charge in [-0.25, -0.2) is 0 Å². The van der Waals surface area contributed by atoms with Crippen molar-refractivity contribution in [1.82, 2.24) is 5.32 Å². The Morgan fingerprint density at radius 3 is 2.67 bits per heavy atom. The van der Waals surface area contributed by atoms with Crippen molar-refractivity contribution >= 4 is 11.6 Å². The number of hydrogen-bond donors (Lipinski definition) is 1. The van der Waals surface area contributed by atoms with Gasteiger partial charge in [-0.1, -0.05) is 38.2 Å². The van der Waals surface area contributed by atoms with Crippen molar-refractivity contribution in [2.75, 3.05) is 18.6 Å². The molecule has 1 saturated carbocycles. The largest absolute Gasteiger partial charge is 0.489 e. The number of nitrogens with zero attached hydrogens (tertiary/aromatic N) is 1. The zero-order valence-corrected chi connectivity index (χ0v) is 15.0. The van der Waals surface area contributed by atoms with Crippen molar-refractivity contribution in [3.05, 3.63) is 23.8 Å². The number of carbonyl (C=O) groups is 1. The van der Waals surface area contributed by atoms with E-state index in [2.05, 4.69) is 42.4 Å². The van der Waals surface area contributed by atoms with Crippen LogP contribution < -0.4 is 15.0 Å². The molecule has 132 valence electrons. The van der Waals surface area contributed by atoms with E-state index in [0.717, 1.165) is 24.3 Å². The van der Waals surface area contributed by atoms with Gasteiger partial charge < -0.3 is 15.0 Å². The third-order valence-electron chi connectivity index (χ3n) is 5.37. The molecule has 1 aliphatic heterocycles. The average molecular weight is 330 g/mol. The molecule has 1 amide bonds. The summed E-state index contributed by atoms with van der Waals surface area (Å²) in [5.41, 5.74) is 2.28. The molecule has 1 fully saturated rings. The molecule has 1 aliphatic carbocycles. The van der Waals surface area contributed by atoms with Crippen LogP contribution in [0.2, 0.25) is 0 Å². The van der Waals surface area contributed by atoms with E-state index < -0.39 is 0 Å². The number of anilines is 1. The molecule has 0 saturated heterocycles. The first-order valence-electron chi connectivity index (χ1n) is 9.39. The maximum Gasteiger partial charge on any atom is 0.222 e. The molecule has 0 spiro atoms. The van der Waals surface area contributed by atoms with E-state index in [1.165, 1.54) is 37.7 Å². The standard InChI is InChI=1S/C20H30N2O2/c1-15-10-11-18-19(12-15)24-14-17(22(18)2)13-20(23)21-16-8-6-4-3-5-7-9-16/h10-12,16-17H,3-9,13-14H2,1-2H3,(H,21,23). The number of benzene rings is 1. The number of hydrogen-bond acceptors (Lipinski definition) is 3. The fourth-order valence-electron chi connectivity index (χ4n) is 3.82. The van der Waals surface area contributed by atoms with Crippen LogP contribution in [-0.4, -0.2) is 31.6 Å². The molecule has 1 aromatic carbocycles. The molecule has 24 heavy (non-hydrogen) atoms. The molecular formula is C20H30N2O2. The summed E-state index contributed by atoms with van der Waals surface area (Å²) in [6, 6.07) is 6.71. The van der Waals surface area contributed by atoms with E-state index in [9.17, 15) is 4.79 Å². The summed E-state index contributed by atoms with van der Waals surface area (Å²) >= 11 is 0. The highest BCUT2D eigenvalue weighted by Crippen LogP contribution is 2.34. The van der Waals surface area contributed by atoms with Gasteiger partial charge in [0.05, 0.1) is 18.2 Å². The summed E-state index contributed by atoms with van der Waals surface area (Å²) < 4.78 is 5.89. The Balaban J connectivity index is 1.55. The Labute approximate surface area is 145 Å². The van der Waals surface area contributed by atoms with Crippen molar-refractivity contribution in [2.24, 2.45) is 0 Å². The molecule has 4 heteroatoms. The summed E-state index contributed by atoms with van der Waals surface area (Å²) in [6.07, 6.45) is 9.21. The predicted octanol–water partition coefficient (Wildman–Crippen LogP) is 3.81. The number of rotatable bonds is 3. The van der Waals surface area contributed by atoms with Gasteiger partial charge in [0.25, 0.3) is 0 Å². The van der Waals surface area contributed by atoms with Crippen molar-refractivity contribution in [1.29, 1.82) is 0 Å². The fourth-order valence-corrected chi connectivity index (χ4v) is 3.82. The van der Waals surface area contributed by atoms with Crippen LogP contribution in [0.1, 0.15) is 56.9 Å². The van der Waals surface area contributed by atoms with Crippen LogP contribution in [0.5, 0.6) is 5.75 Å². The maximum absolute atomic E-state index is 12.5. The van der Waals surface area contributed by atoms with Crippen LogP contribution in [0.25, 0.3) is 0 Å². The summed E-state index contributed by atoms with van der Waals surface area (Å²) in [5.74, 6) is 1.09. The third kappa shape index (κ3) is 4.22. The van der Waals surface area contributed by atoms with Crippen LogP contribution in [0.4, 0.5) is 5.69 Å². The van der Waals surface area contributed by atoms with Crippen LogP contribution in [0.3, 0.4) is 0 Å². The van der Waals surface area contributed by atoms with E-state index in [1.54, 1.807) is 0 Å². The normalized spacial score (nSPS) is 22.1. The minimum Gasteiger partial charge on any atom is -0.489 e. The highest BCUT2D eigenvalue weighted by Gasteiger charge is 2.27. The zero-order chi connectivity index (χ0) is 16.9. The van der Waals surface area contributed by atoms with E-state index in [4.69, 9.17) is 4.74 Å². The van der Waals surface area contributed by atoms with E-state index in [1.807, 2.05) is 0 Å². The molecule has 1 heterocycles. The third-order valence-corrected chi connectivity index (χ3v) is 5.37. The fraction of sp³-hybridized carbons (Fsp3) is 0.650. The summed E-state index contributed by atoms with van der Waals surface area (Å²) in [5, 5.41) is 3.27. The van der Waals surface area contributed by atoms with Crippen molar-refractivity contribution < 1.29 is 9.53 Å². The minimum atomic E-state index is 0.105. The van der Waals surface area contributed by atoms with Crippen molar-refractivity contribution in [2.45, 2.75) is 70.4 Å². The second-order valence-corrected chi connectivity index (χ2v) is 7.36. The number of nitrogens with one attached hydrogen (secondary N) is 1. The Morgan fingerprint density at radius 1 is 1.21 bits per heavy atom. The van der Waals surface area contributed by atoms with Gasteiger partial charge in [-0.2, -0.15) is 0 Å². The molecule has 3 rings (SSSR count). The first kappa shape index (κ1) is 17.1. The molecule has 0 aromatic heterocycles. The molecular weight excluding hydrogens is 300 g/mol. The lowest BCUT2D eigenvalue weighted by Gasteiger charge is -2.36. The topological polar surface area (TPSA) is 41.6 Å². The second kappa shape index (κ2) is 7.91. The maximum atomic E-state index is 12.5. The average Bonchev–Trinajstić information content (AvgIpc) is 2.52. The first-order chi connectivity index (χ1) is 11.6. The van der Waals surface area contributed by atoms with E-state index in [0.29, 0.717) is 19.1 Å². The summed E-state index contributed by atoms with van der Waals surface area (Å²) in [4.78, 5) is 14.7. The number of fused-ring (bicyclic) bond motifs is 1. The molecule has 2 aliphatic rings. The van der Waals surface area contributed by atoms with E-state index >= 15 is 0 Å². The highest BCUT2D eigenvalue weighted by molar-refractivity contribution is 5.78. The molecule has 1 unspecified atom stereocenters. The molecule has 1 aromatic rings. The second-order valence-electron chi connectivity index (χ2n) is 7.36. The van der Waals surface area contributed by atoms with Crippen LogP contribution in [0, 0.1) is 6.92 Å². The van der Waals surface area contributed by atoms with Crippen LogP contribution >= 0.6 is 0 Å². The Morgan fingerprint density at radius 2 is 1.92 bits per heavy atom. The molecule has 4 nitrogen and oxygen atoms in total. The summed E-state index contributed by atoms with van der Waals surface area (Å²) in [7, 11) is 2.06. The lowest BCUT2D eigenvalue weighted by molar-refractivity contribution is -0.122. The molecule has 1 N–H and O–H groups in total. The number of carbonyl (C=O) groups excluding carboxylic acids is 1. The van der Waals surface area contributed by atoms with Gasteiger partial charge in [0, 0.05) is 13.1 Å². The number of ether oxygens (including phenoxy) is 1. The Kier molecular flexibility index (Phi) is 5.64. The number of likely N-dealkylation sites (N-methyl/N-ethyl adjacent to an activating group) is 1. The van der Waals surface area contributed by atoms with Gasteiger partial charge >= 0.3 is 0 Å².